The highest BCUT2D eigenvalue weighted by Gasteiger charge is 2.25. The number of hydrogen-bond acceptors (Lipinski definition) is 5. The van der Waals surface area contributed by atoms with Gasteiger partial charge in [-0.3, -0.25) is 14.4 Å². The van der Waals surface area contributed by atoms with Crippen molar-refractivity contribution in [1.29, 1.82) is 0 Å². The molecule has 8 heteroatoms. The SMILES string of the molecule is Cc1ccccc1N1CCN(c2ccc(C(=O)NC(C)C(=O)NC3CCCC3)cc2C(N)=O)CC1. The minimum absolute atomic E-state index is 0.189. The third kappa shape index (κ3) is 5.75. The molecule has 186 valence electrons. The molecule has 2 aromatic rings. The van der Waals surface area contributed by atoms with Crippen molar-refractivity contribution in [2.45, 2.75) is 51.6 Å². The van der Waals surface area contributed by atoms with Gasteiger partial charge in [0.25, 0.3) is 11.8 Å². The predicted octanol–water partition coefficient (Wildman–Crippen LogP) is 2.60. The van der Waals surface area contributed by atoms with E-state index in [0.29, 0.717) is 11.1 Å². The smallest absolute Gasteiger partial charge is 0.251 e. The number of nitrogens with zero attached hydrogens (tertiary/aromatic N) is 2. The van der Waals surface area contributed by atoms with Crippen LogP contribution in [-0.2, 0) is 4.79 Å². The Labute approximate surface area is 206 Å². The molecule has 8 nitrogen and oxygen atoms in total. The maximum atomic E-state index is 12.8. The molecule has 2 aromatic carbocycles. The van der Waals surface area contributed by atoms with Crippen LogP contribution in [0.1, 0.15) is 58.9 Å². The first-order valence-electron chi connectivity index (χ1n) is 12.4. The largest absolute Gasteiger partial charge is 0.368 e. The molecule has 1 saturated heterocycles. The minimum atomic E-state index is -0.672. The summed E-state index contributed by atoms with van der Waals surface area (Å²) in [7, 11) is 0. The van der Waals surface area contributed by atoms with E-state index in [-0.39, 0.29) is 11.9 Å². The second-order valence-electron chi connectivity index (χ2n) is 9.54. The number of carbonyl (C=O) groups excluding carboxylic acids is 3. The summed E-state index contributed by atoms with van der Waals surface area (Å²) in [6, 6.07) is 12.8. The van der Waals surface area contributed by atoms with Gasteiger partial charge in [0.2, 0.25) is 5.91 Å². The highest BCUT2D eigenvalue weighted by Crippen LogP contribution is 2.26. The number of nitrogens with two attached hydrogens (primary N) is 1. The van der Waals surface area contributed by atoms with Gasteiger partial charge in [0.1, 0.15) is 6.04 Å². The molecule has 0 spiro atoms. The Kier molecular flexibility index (Phi) is 7.58. The average Bonchev–Trinajstić information content (AvgIpc) is 3.37. The Morgan fingerprint density at radius 2 is 1.57 bits per heavy atom. The average molecular weight is 478 g/mol. The summed E-state index contributed by atoms with van der Waals surface area (Å²) in [6.07, 6.45) is 4.20. The molecule has 1 aliphatic carbocycles. The molecule has 0 radical (unpaired) electrons. The summed E-state index contributed by atoms with van der Waals surface area (Å²) in [5.74, 6) is -1.18. The molecular weight excluding hydrogens is 442 g/mol. The molecule has 1 aliphatic heterocycles. The Bertz CT molecular complexity index is 1090. The van der Waals surface area contributed by atoms with Gasteiger partial charge in [0, 0.05) is 49.2 Å². The van der Waals surface area contributed by atoms with Crippen molar-refractivity contribution < 1.29 is 14.4 Å². The highest BCUT2D eigenvalue weighted by atomic mass is 16.2. The Morgan fingerprint density at radius 1 is 0.943 bits per heavy atom. The van der Waals surface area contributed by atoms with Crippen LogP contribution in [-0.4, -0.2) is 56.0 Å². The second-order valence-corrected chi connectivity index (χ2v) is 9.54. The van der Waals surface area contributed by atoms with E-state index >= 15 is 0 Å². The normalized spacial score (nSPS) is 17.2. The van der Waals surface area contributed by atoms with Crippen LogP contribution in [0, 0.1) is 6.92 Å². The van der Waals surface area contributed by atoms with Crippen LogP contribution in [0.4, 0.5) is 11.4 Å². The topological polar surface area (TPSA) is 108 Å². The highest BCUT2D eigenvalue weighted by molar-refractivity contribution is 6.03. The Hall–Kier alpha value is -3.55. The first-order valence-corrected chi connectivity index (χ1v) is 12.4. The van der Waals surface area contributed by atoms with Gasteiger partial charge in [-0.05, 0) is 56.5 Å². The minimum Gasteiger partial charge on any atom is -0.368 e. The predicted molar refractivity (Wildman–Crippen MR) is 138 cm³/mol. The lowest BCUT2D eigenvalue weighted by molar-refractivity contribution is -0.123. The van der Waals surface area contributed by atoms with Crippen LogP contribution in [0.3, 0.4) is 0 Å². The molecule has 1 unspecified atom stereocenters. The number of amides is 3. The van der Waals surface area contributed by atoms with Crippen LogP contribution in [0.2, 0.25) is 0 Å². The number of primary amides is 1. The molecule has 2 fully saturated rings. The number of anilines is 2. The van der Waals surface area contributed by atoms with Crippen LogP contribution in [0.25, 0.3) is 0 Å². The van der Waals surface area contributed by atoms with Crippen molar-refractivity contribution in [3.05, 3.63) is 59.2 Å². The molecule has 1 saturated carbocycles. The van der Waals surface area contributed by atoms with E-state index < -0.39 is 17.9 Å². The van der Waals surface area contributed by atoms with E-state index in [0.717, 1.165) is 57.5 Å². The monoisotopic (exact) mass is 477 g/mol. The molecule has 3 amide bonds. The van der Waals surface area contributed by atoms with E-state index in [9.17, 15) is 14.4 Å². The van der Waals surface area contributed by atoms with E-state index in [4.69, 9.17) is 5.73 Å². The molecule has 4 N–H and O–H groups in total. The zero-order valence-corrected chi connectivity index (χ0v) is 20.5. The summed E-state index contributed by atoms with van der Waals surface area (Å²) < 4.78 is 0. The number of rotatable bonds is 7. The number of piperazine rings is 1. The third-order valence-electron chi connectivity index (χ3n) is 7.04. The van der Waals surface area contributed by atoms with Gasteiger partial charge in [-0.1, -0.05) is 31.0 Å². The summed E-state index contributed by atoms with van der Waals surface area (Å²) in [5, 5.41) is 5.74. The van der Waals surface area contributed by atoms with Crippen molar-refractivity contribution in [2.75, 3.05) is 36.0 Å². The Balaban J connectivity index is 1.41. The second kappa shape index (κ2) is 10.8. The lowest BCUT2D eigenvalue weighted by Gasteiger charge is -2.38. The van der Waals surface area contributed by atoms with Crippen LogP contribution < -0.4 is 26.2 Å². The summed E-state index contributed by atoms with van der Waals surface area (Å²) in [6.45, 7) is 6.88. The van der Waals surface area contributed by atoms with E-state index in [2.05, 4.69) is 39.5 Å². The van der Waals surface area contributed by atoms with Crippen LogP contribution in [0.5, 0.6) is 0 Å². The molecule has 1 atom stereocenters. The zero-order chi connectivity index (χ0) is 24.9. The maximum Gasteiger partial charge on any atom is 0.251 e. The van der Waals surface area contributed by atoms with Gasteiger partial charge >= 0.3 is 0 Å². The van der Waals surface area contributed by atoms with Gasteiger partial charge in [0.05, 0.1) is 5.56 Å². The molecule has 0 bridgehead atoms. The van der Waals surface area contributed by atoms with Crippen molar-refractivity contribution in [1.82, 2.24) is 10.6 Å². The van der Waals surface area contributed by atoms with Gasteiger partial charge in [-0.15, -0.1) is 0 Å². The van der Waals surface area contributed by atoms with Gasteiger partial charge < -0.3 is 26.2 Å². The zero-order valence-electron chi connectivity index (χ0n) is 20.5. The molecule has 0 aromatic heterocycles. The van der Waals surface area contributed by atoms with E-state index in [1.54, 1.807) is 19.1 Å². The fourth-order valence-corrected chi connectivity index (χ4v) is 5.00. The summed E-state index contributed by atoms with van der Waals surface area (Å²) >= 11 is 0. The third-order valence-corrected chi connectivity index (χ3v) is 7.04. The van der Waals surface area contributed by atoms with Crippen LogP contribution in [0.15, 0.2) is 42.5 Å². The number of aryl methyl sites for hydroxylation is 1. The fourth-order valence-electron chi connectivity index (χ4n) is 5.00. The van der Waals surface area contributed by atoms with Gasteiger partial charge in [0.15, 0.2) is 0 Å². The molecular formula is C27H35N5O3. The lowest BCUT2D eigenvalue weighted by Crippen LogP contribution is -2.48. The van der Waals surface area contributed by atoms with Crippen molar-refractivity contribution in [2.24, 2.45) is 5.73 Å². The van der Waals surface area contributed by atoms with Gasteiger partial charge in [-0.2, -0.15) is 0 Å². The van der Waals surface area contributed by atoms with Crippen molar-refractivity contribution in [3.8, 4) is 0 Å². The maximum absolute atomic E-state index is 12.8. The molecule has 4 rings (SSSR count). The Morgan fingerprint density at radius 3 is 2.20 bits per heavy atom. The van der Waals surface area contributed by atoms with Crippen LogP contribution >= 0.6 is 0 Å². The van der Waals surface area contributed by atoms with E-state index in [1.165, 1.54) is 17.3 Å². The van der Waals surface area contributed by atoms with Gasteiger partial charge in [-0.25, -0.2) is 0 Å². The summed E-state index contributed by atoms with van der Waals surface area (Å²) in [4.78, 5) is 42.0. The molecule has 35 heavy (non-hydrogen) atoms. The molecule has 1 heterocycles. The molecule has 2 aliphatic rings. The first-order chi connectivity index (χ1) is 16.8. The van der Waals surface area contributed by atoms with Crippen molar-refractivity contribution in [3.63, 3.8) is 0 Å². The number of para-hydroxylation sites is 1. The van der Waals surface area contributed by atoms with E-state index in [1.807, 2.05) is 12.1 Å². The standard InChI is InChI=1S/C27H35N5O3/c1-18-7-3-6-10-23(18)31-13-15-32(16-14-31)24-12-11-20(17-22(24)25(28)33)27(35)29-19(2)26(34)30-21-8-4-5-9-21/h3,6-7,10-12,17,19,21H,4-5,8-9,13-16H2,1-2H3,(H2,28,33)(H,29,35)(H,30,34). The quantitative estimate of drug-likeness (QED) is 0.568. The number of nitrogens with one attached hydrogen (secondary N) is 2. The van der Waals surface area contributed by atoms with Crippen molar-refractivity contribution >= 4 is 29.1 Å². The lowest BCUT2D eigenvalue weighted by atomic mass is 10.0. The number of carbonyl (C=O) groups is 3. The summed E-state index contributed by atoms with van der Waals surface area (Å²) in [5.41, 5.74) is 9.50. The number of hydrogen-bond donors (Lipinski definition) is 3. The first kappa shape index (κ1) is 24.6. The fraction of sp³-hybridized carbons (Fsp3) is 0.444. The number of benzene rings is 2.